The van der Waals surface area contributed by atoms with Crippen molar-refractivity contribution < 1.29 is 8.42 Å². The fraction of sp³-hybridized carbons (Fsp3) is 0.286. The van der Waals surface area contributed by atoms with Gasteiger partial charge in [-0.15, -0.1) is 0 Å². The van der Waals surface area contributed by atoms with Crippen LogP contribution in [0.2, 0.25) is 0 Å². The van der Waals surface area contributed by atoms with Crippen LogP contribution in [0.5, 0.6) is 0 Å². The summed E-state index contributed by atoms with van der Waals surface area (Å²) in [4.78, 5) is 7.34. The molecule has 0 aliphatic rings. The van der Waals surface area contributed by atoms with Gasteiger partial charge in [-0.2, -0.15) is 0 Å². The van der Waals surface area contributed by atoms with Gasteiger partial charge in [-0.25, -0.2) is 18.4 Å². The van der Waals surface area contributed by atoms with Crippen LogP contribution in [0, 0.1) is 0 Å². The molecule has 6 nitrogen and oxygen atoms in total. The molecule has 1 aromatic carbocycles. The van der Waals surface area contributed by atoms with Crippen LogP contribution >= 0.6 is 0 Å². The fourth-order valence-electron chi connectivity index (χ4n) is 1.80. The van der Waals surface area contributed by atoms with Gasteiger partial charge in [-0.1, -0.05) is 25.5 Å². The highest BCUT2D eigenvalue weighted by molar-refractivity contribution is 7.92. The Balaban J connectivity index is 2.11. The Morgan fingerprint density at radius 1 is 1.14 bits per heavy atom. The number of anilines is 2. The smallest absolute Gasteiger partial charge is 0.264 e. The number of sulfonamides is 1. The lowest BCUT2D eigenvalue weighted by Crippen LogP contribution is -2.14. The minimum atomic E-state index is -3.69. The molecular weight excluding hydrogens is 288 g/mol. The van der Waals surface area contributed by atoms with E-state index in [0.717, 1.165) is 19.3 Å². The first-order chi connectivity index (χ1) is 10.0. The molecule has 0 fully saturated rings. The molecule has 2 aromatic rings. The molecule has 0 bridgehead atoms. The number of nitrogens with one attached hydrogen (secondary N) is 1. The van der Waals surface area contributed by atoms with Crippen LogP contribution in [0.1, 0.15) is 25.3 Å². The van der Waals surface area contributed by atoms with E-state index in [2.05, 4.69) is 21.6 Å². The van der Waals surface area contributed by atoms with Crippen molar-refractivity contribution in [3.05, 3.63) is 42.2 Å². The van der Waals surface area contributed by atoms with Crippen molar-refractivity contribution in [2.75, 3.05) is 10.5 Å². The number of unbranched alkanes of at least 4 members (excludes halogenated alkanes) is 1. The fourth-order valence-corrected chi connectivity index (χ4v) is 2.75. The topological polar surface area (TPSA) is 98.0 Å². The first-order valence-corrected chi connectivity index (χ1v) is 8.19. The van der Waals surface area contributed by atoms with Gasteiger partial charge < -0.3 is 5.73 Å². The molecule has 0 aliphatic carbocycles. The highest BCUT2D eigenvalue weighted by Gasteiger charge is 2.15. The van der Waals surface area contributed by atoms with E-state index < -0.39 is 10.0 Å². The number of nitrogen functional groups attached to an aromatic ring is 1. The maximum atomic E-state index is 12.1. The van der Waals surface area contributed by atoms with Gasteiger partial charge in [0.25, 0.3) is 10.0 Å². The summed E-state index contributed by atoms with van der Waals surface area (Å²) >= 11 is 0. The summed E-state index contributed by atoms with van der Waals surface area (Å²) in [6.45, 7) is 2.14. The summed E-state index contributed by atoms with van der Waals surface area (Å²) in [5.74, 6) is 0.0363. The lowest BCUT2D eigenvalue weighted by atomic mass is 10.1. The molecule has 1 heterocycles. The lowest BCUT2D eigenvalue weighted by Gasteiger charge is -2.08. The van der Waals surface area contributed by atoms with Gasteiger partial charge in [0.1, 0.15) is 4.90 Å². The standard InChI is InChI=1S/C14H18N4O2S/c1-2-3-4-11-5-7-12(8-6-11)18-21(19,20)13-9-16-14(15)17-10-13/h5-10,18H,2-4H2,1H3,(H2,15,16,17). The zero-order valence-corrected chi connectivity index (χ0v) is 12.6. The van der Waals surface area contributed by atoms with E-state index in [1.54, 1.807) is 12.1 Å². The van der Waals surface area contributed by atoms with Crippen LogP contribution in [0.25, 0.3) is 0 Å². The number of aromatic nitrogens is 2. The number of nitrogens with zero attached hydrogens (tertiary/aromatic N) is 2. The maximum Gasteiger partial charge on any atom is 0.264 e. The zero-order valence-electron chi connectivity index (χ0n) is 11.8. The molecule has 0 amide bonds. The van der Waals surface area contributed by atoms with Crippen molar-refractivity contribution in [3.63, 3.8) is 0 Å². The number of nitrogens with two attached hydrogens (primary N) is 1. The van der Waals surface area contributed by atoms with Crippen molar-refractivity contribution >= 4 is 21.7 Å². The molecule has 0 radical (unpaired) electrons. The number of hydrogen-bond donors (Lipinski definition) is 2. The molecule has 112 valence electrons. The summed E-state index contributed by atoms with van der Waals surface area (Å²) in [5.41, 5.74) is 7.04. The third kappa shape index (κ3) is 4.16. The Hall–Kier alpha value is -2.15. The van der Waals surface area contributed by atoms with Crippen molar-refractivity contribution in [1.82, 2.24) is 9.97 Å². The average molecular weight is 306 g/mol. The second kappa shape index (κ2) is 6.53. The minimum absolute atomic E-state index is 0.0215. The second-order valence-electron chi connectivity index (χ2n) is 4.68. The summed E-state index contributed by atoms with van der Waals surface area (Å²) in [5, 5.41) is 0. The molecule has 1 aromatic heterocycles. The molecule has 0 aliphatic heterocycles. The van der Waals surface area contributed by atoms with Gasteiger partial charge in [-0.3, -0.25) is 4.72 Å². The monoisotopic (exact) mass is 306 g/mol. The normalized spacial score (nSPS) is 11.3. The molecule has 0 saturated heterocycles. The second-order valence-corrected chi connectivity index (χ2v) is 6.37. The van der Waals surface area contributed by atoms with Crippen molar-refractivity contribution in [2.45, 2.75) is 31.1 Å². The van der Waals surface area contributed by atoms with E-state index in [1.807, 2.05) is 12.1 Å². The average Bonchev–Trinajstić information content (AvgIpc) is 2.47. The molecular formula is C14H18N4O2S. The maximum absolute atomic E-state index is 12.1. The van der Waals surface area contributed by atoms with Gasteiger partial charge >= 0.3 is 0 Å². The van der Waals surface area contributed by atoms with Crippen molar-refractivity contribution in [3.8, 4) is 0 Å². The van der Waals surface area contributed by atoms with Crippen LogP contribution in [0.15, 0.2) is 41.6 Å². The zero-order chi connectivity index (χ0) is 15.3. The van der Waals surface area contributed by atoms with Crippen molar-refractivity contribution in [1.29, 1.82) is 0 Å². The van der Waals surface area contributed by atoms with Gasteiger partial charge in [0.15, 0.2) is 0 Å². The van der Waals surface area contributed by atoms with Crippen LogP contribution in [0.3, 0.4) is 0 Å². The van der Waals surface area contributed by atoms with Crippen molar-refractivity contribution in [2.24, 2.45) is 0 Å². The van der Waals surface area contributed by atoms with E-state index in [9.17, 15) is 8.42 Å². The summed E-state index contributed by atoms with van der Waals surface area (Å²) in [6, 6.07) is 7.35. The van der Waals surface area contributed by atoms with Gasteiger partial charge in [0, 0.05) is 5.69 Å². The lowest BCUT2D eigenvalue weighted by molar-refractivity contribution is 0.600. The molecule has 7 heteroatoms. The Morgan fingerprint density at radius 2 is 1.76 bits per heavy atom. The van der Waals surface area contributed by atoms with Crippen LogP contribution in [-0.2, 0) is 16.4 Å². The van der Waals surface area contributed by atoms with Gasteiger partial charge in [0.05, 0.1) is 12.4 Å². The molecule has 2 rings (SSSR count). The van der Waals surface area contributed by atoms with Crippen LogP contribution in [-0.4, -0.2) is 18.4 Å². The molecule has 0 unspecified atom stereocenters. The highest BCUT2D eigenvalue weighted by Crippen LogP contribution is 2.16. The predicted octanol–water partition coefficient (Wildman–Crippen LogP) is 2.20. The summed E-state index contributed by atoms with van der Waals surface area (Å²) in [6.07, 6.45) is 5.61. The Bertz CT molecular complexity index is 682. The first kappa shape index (κ1) is 15.2. The van der Waals surface area contributed by atoms with E-state index in [0.29, 0.717) is 5.69 Å². The van der Waals surface area contributed by atoms with E-state index in [4.69, 9.17) is 5.73 Å². The largest absolute Gasteiger partial charge is 0.368 e. The SMILES string of the molecule is CCCCc1ccc(NS(=O)(=O)c2cnc(N)nc2)cc1. The van der Waals surface area contributed by atoms with E-state index in [-0.39, 0.29) is 10.8 Å². The molecule has 0 spiro atoms. The first-order valence-electron chi connectivity index (χ1n) is 6.70. The Kier molecular flexibility index (Phi) is 4.74. The Morgan fingerprint density at radius 3 is 2.33 bits per heavy atom. The summed E-state index contributed by atoms with van der Waals surface area (Å²) < 4.78 is 26.8. The number of aryl methyl sites for hydroxylation is 1. The van der Waals surface area contributed by atoms with E-state index in [1.165, 1.54) is 18.0 Å². The quantitative estimate of drug-likeness (QED) is 0.852. The third-order valence-corrected chi connectivity index (χ3v) is 4.32. The van der Waals surface area contributed by atoms with Crippen LogP contribution < -0.4 is 10.5 Å². The minimum Gasteiger partial charge on any atom is -0.368 e. The van der Waals surface area contributed by atoms with Crippen LogP contribution in [0.4, 0.5) is 11.6 Å². The third-order valence-electron chi connectivity index (χ3n) is 2.98. The number of hydrogen-bond acceptors (Lipinski definition) is 5. The van der Waals surface area contributed by atoms with Gasteiger partial charge in [0.2, 0.25) is 5.95 Å². The number of benzene rings is 1. The highest BCUT2D eigenvalue weighted by atomic mass is 32.2. The van der Waals surface area contributed by atoms with E-state index >= 15 is 0 Å². The molecule has 21 heavy (non-hydrogen) atoms. The Labute approximate surface area is 124 Å². The van der Waals surface area contributed by atoms with Gasteiger partial charge in [-0.05, 0) is 30.5 Å². The molecule has 0 atom stereocenters. The number of rotatable bonds is 6. The molecule has 0 saturated carbocycles. The summed E-state index contributed by atoms with van der Waals surface area (Å²) in [7, 11) is -3.69. The predicted molar refractivity (Wildman–Crippen MR) is 82.3 cm³/mol. The molecule has 3 N–H and O–H groups in total.